The predicted octanol–water partition coefficient (Wildman–Crippen LogP) is 4.02. The third-order valence-corrected chi connectivity index (χ3v) is 3.82. The van der Waals surface area contributed by atoms with Crippen LogP contribution in [0.4, 0.5) is 11.8 Å². The molecule has 128 valence electrons. The van der Waals surface area contributed by atoms with Crippen LogP contribution in [-0.4, -0.2) is 17.1 Å². The average molecular weight is 334 g/mol. The Morgan fingerprint density at radius 1 is 0.920 bits per heavy atom. The highest BCUT2D eigenvalue weighted by Gasteiger charge is 2.01. The Kier molecular flexibility index (Phi) is 5.46. The van der Waals surface area contributed by atoms with Gasteiger partial charge in [-0.3, -0.25) is 0 Å². The molecule has 5 heteroatoms. The molecule has 1 heterocycles. The maximum atomic E-state index is 5.17. The summed E-state index contributed by atoms with van der Waals surface area (Å²) in [4.78, 5) is 8.78. The van der Waals surface area contributed by atoms with Crippen molar-refractivity contribution in [3.63, 3.8) is 0 Å². The third kappa shape index (κ3) is 4.94. The normalized spacial score (nSPS) is 10.3. The lowest BCUT2D eigenvalue weighted by atomic mass is 10.1. The number of hydrogen-bond donors (Lipinski definition) is 2. The van der Waals surface area contributed by atoms with Crippen molar-refractivity contribution in [2.75, 3.05) is 17.7 Å². The van der Waals surface area contributed by atoms with Crippen molar-refractivity contribution in [1.29, 1.82) is 0 Å². The summed E-state index contributed by atoms with van der Waals surface area (Å²) in [6.45, 7) is 3.48. The zero-order valence-corrected chi connectivity index (χ0v) is 14.5. The van der Waals surface area contributed by atoms with Gasteiger partial charge in [0.1, 0.15) is 11.6 Å². The molecule has 0 amide bonds. The lowest BCUT2D eigenvalue weighted by Gasteiger charge is -2.09. The molecule has 2 aromatic carbocycles. The molecule has 1 aromatic heterocycles. The van der Waals surface area contributed by atoms with Crippen LogP contribution < -0.4 is 15.4 Å². The fraction of sp³-hybridized carbons (Fsp3) is 0.200. The highest BCUT2D eigenvalue weighted by Crippen LogP contribution is 2.13. The van der Waals surface area contributed by atoms with E-state index in [0.29, 0.717) is 19.0 Å². The van der Waals surface area contributed by atoms with Gasteiger partial charge in [-0.05, 0) is 36.2 Å². The number of aryl methyl sites for hydroxylation is 1. The first-order valence-corrected chi connectivity index (χ1v) is 8.22. The van der Waals surface area contributed by atoms with Gasteiger partial charge in [-0.25, -0.2) is 4.98 Å². The summed E-state index contributed by atoms with van der Waals surface area (Å²) >= 11 is 0. The van der Waals surface area contributed by atoms with Crippen LogP contribution in [0.15, 0.2) is 60.8 Å². The second-order valence-electron chi connectivity index (χ2n) is 5.81. The molecule has 2 N–H and O–H groups in total. The van der Waals surface area contributed by atoms with Gasteiger partial charge in [-0.1, -0.05) is 42.0 Å². The monoisotopic (exact) mass is 334 g/mol. The molecule has 0 saturated carbocycles. The van der Waals surface area contributed by atoms with Crippen LogP contribution in [-0.2, 0) is 13.1 Å². The average Bonchev–Trinajstić information content (AvgIpc) is 2.65. The minimum Gasteiger partial charge on any atom is -0.497 e. The van der Waals surface area contributed by atoms with Crippen LogP contribution in [0.2, 0.25) is 0 Å². The predicted molar refractivity (Wildman–Crippen MR) is 101 cm³/mol. The quantitative estimate of drug-likeness (QED) is 0.683. The molecular formula is C20H22N4O. The van der Waals surface area contributed by atoms with Gasteiger partial charge in [0.2, 0.25) is 5.95 Å². The number of aromatic nitrogens is 2. The molecule has 25 heavy (non-hydrogen) atoms. The number of nitrogens with one attached hydrogen (secondary N) is 2. The fourth-order valence-corrected chi connectivity index (χ4v) is 2.48. The van der Waals surface area contributed by atoms with E-state index in [-0.39, 0.29) is 0 Å². The second-order valence-corrected chi connectivity index (χ2v) is 5.81. The Morgan fingerprint density at radius 3 is 2.48 bits per heavy atom. The van der Waals surface area contributed by atoms with Crippen molar-refractivity contribution < 1.29 is 4.74 Å². The van der Waals surface area contributed by atoms with E-state index in [1.54, 1.807) is 13.3 Å². The van der Waals surface area contributed by atoms with Crippen molar-refractivity contribution in [2.24, 2.45) is 0 Å². The van der Waals surface area contributed by atoms with E-state index in [4.69, 9.17) is 4.74 Å². The van der Waals surface area contributed by atoms with Crippen LogP contribution in [0.5, 0.6) is 5.75 Å². The largest absolute Gasteiger partial charge is 0.497 e. The number of benzene rings is 2. The number of nitrogens with zero attached hydrogens (tertiary/aromatic N) is 2. The number of methoxy groups -OCH3 is 1. The zero-order chi connectivity index (χ0) is 17.5. The zero-order valence-electron chi connectivity index (χ0n) is 14.5. The minimum absolute atomic E-state index is 0.612. The maximum Gasteiger partial charge on any atom is 0.224 e. The van der Waals surface area contributed by atoms with Gasteiger partial charge in [0, 0.05) is 19.3 Å². The van der Waals surface area contributed by atoms with Gasteiger partial charge in [-0.15, -0.1) is 0 Å². The summed E-state index contributed by atoms with van der Waals surface area (Å²) in [5.74, 6) is 2.26. The smallest absolute Gasteiger partial charge is 0.224 e. The van der Waals surface area contributed by atoms with Crippen LogP contribution in [0, 0.1) is 6.92 Å². The second kappa shape index (κ2) is 8.15. The van der Waals surface area contributed by atoms with E-state index in [2.05, 4.69) is 51.8 Å². The fourth-order valence-electron chi connectivity index (χ4n) is 2.48. The van der Waals surface area contributed by atoms with Crippen LogP contribution in [0.1, 0.15) is 16.7 Å². The van der Waals surface area contributed by atoms with Gasteiger partial charge in [-0.2, -0.15) is 4.98 Å². The molecule has 3 rings (SSSR count). The van der Waals surface area contributed by atoms with E-state index < -0.39 is 0 Å². The summed E-state index contributed by atoms with van der Waals surface area (Å²) < 4.78 is 5.17. The molecule has 0 aliphatic carbocycles. The molecule has 0 fully saturated rings. The first-order valence-electron chi connectivity index (χ1n) is 8.22. The van der Waals surface area contributed by atoms with Crippen LogP contribution >= 0.6 is 0 Å². The Morgan fingerprint density at radius 2 is 1.72 bits per heavy atom. The summed E-state index contributed by atoms with van der Waals surface area (Å²) in [5, 5.41) is 6.58. The van der Waals surface area contributed by atoms with Crippen molar-refractivity contribution >= 4 is 11.8 Å². The summed E-state index contributed by atoms with van der Waals surface area (Å²) in [5.41, 5.74) is 3.61. The van der Waals surface area contributed by atoms with Crippen molar-refractivity contribution in [3.05, 3.63) is 77.5 Å². The van der Waals surface area contributed by atoms with Crippen molar-refractivity contribution in [3.8, 4) is 5.75 Å². The number of rotatable bonds is 7. The van der Waals surface area contributed by atoms with Gasteiger partial charge in [0.25, 0.3) is 0 Å². The Labute approximate surface area is 148 Å². The Balaban J connectivity index is 1.57. The Bertz CT molecular complexity index is 818. The van der Waals surface area contributed by atoms with Gasteiger partial charge in [0.15, 0.2) is 0 Å². The molecule has 0 radical (unpaired) electrons. The van der Waals surface area contributed by atoms with E-state index in [9.17, 15) is 0 Å². The molecule has 0 spiro atoms. The molecular weight excluding hydrogens is 312 g/mol. The Hall–Kier alpha value is -3.08. The molecule has 0 bridgehead atoms. The first-order chi connectivity index (χ1) is 12.2. The molecule has 0 atom stereocenters. The number of ether oxygens (including phenoxy) is 1. The maximum absolute atomic E-state index is 5.17. The highest BCUT2D eigenvalue weighted by molar-refractivity contribution is 5.41. The summed E-state index contributed by atoms with van der Waals surface area (Å²) in [6.07, 6.45) is 1.75. The summed E-state index contributed by atoms with van der Waals surface area (Å²) in [6, 6.07) is 18.2. The molecule has 5 nitrogen and oxygen atoms in total. The van der Waals surface area contributed by atoms with E-state index in [1.165, 1.54) is 11.1 Å². The van der Waals surface area contributed by atoms with Crippen LogP contribution in [0.3, 0.4) is 0 Å². The van der Waals surface area contributed by atoms with Gasteiger partial charge < -0.3 is 15.4 Å². The third-order valence-electron chi connectivity index (χ3n) is 3.82. The van der Waals surface area contributed by atoms with E-state index in [0.717, 1.165) is 17.1 Å². The summed E-state index contributed by atoms with van der Waals surface area (Å²) in [7, 11) is 1.67. The molecule has 3 aromatic rings. The molecule has 0 saturated heterocycles. The van der Waals surface area contributed by atoms with Crippen LogP contribution in [0.25, 0.3) is 0 Å². The SMILES string of the molecule is COc1ccc(CNc2ccnc(NCc3cccc(C)c3)n2)cc1. The topological polar surface area (TPSA) is 59.1 Å². The van der Waals surface area contributed by atoms with Gasteiger partial charge >= 0.3 is 0 Å². The molecule has 0 aliphatic heterocycles. The molecule has 0 unspecified atom stereocenters. The van der Waals surface area contributed by atoms with E-state index >= 15 is 0 Å². The lowest BCUT2D eigenvalue weighted by Crippen LogP contribution is -2.07. The number of hydrogen-bond acceptors (Lipinski definition) is 5. The molecule has 0 aliphatic rings. The van der Waals surface area contributed by atoms with Crippen molar-refractivity contribution in [2.45, 2.75) is 20.0 Å². The highest BCUT2D eigenvalue weighted by atomic mass is 16.5. The van der Waals surface area contributed by atoms with E-state index in [1.807, 2.05) is 30.3 Å². The van der Waals surface area contributed by atoms with Gasteiger partial charge in [0.05, 0.1) is 7.11 Å². The van der Waals surface area contributed by atoms with Crippen molar-refractivity contribution in [1.82, 2.24) is 9.97 Å². The standard InChI is InChI=1S/C20H22N4O/c1-15-4-3-5-17(12-15)14-23-20-21-11-10-19(24-20)22-13-16-6-8-18(25-2)9-7-16/h3-12H,13-14H2,1-2H3,(H2,21,22,23,24). The minimum atomic E-state index is 0.612. The lowest BCUT2D eigenvalue weighted by molar-refractivity contribution is 0.414. The number of anilines is 2. The first kappa shape index (κ1) is 16.8.